The summed E-state index contributed by atoms with van der Waals surface area (Å²) in [6.07, 6.45) is 1.42. The van der Waals surface area contributed by atoms with E-state index < -0.39 is 0 Å². The van der Waals surface area contributed by atoms with Gasteiger partial charge in [0.2, 0.25) is 5.91 Å². The fourth-order valence-electron chi connectivity index (χ4n) is 1.85. The molecule has 1 amide bonds. The second kappa shape index (κ2) is 6.15. The summed E-state index contributed by atoms with van der Waals surface area (Å²) in [6, 6.07) is 11.7. The highest BCUT2D eigenvalue weighted by atomic mass is 16.5. The van der Waals surface area contributed by atoms with Crippen LogP contribution < -0.4 is 5.32 Å². The van der Waals surface area contributed by atoms with Crippen LogP contribution in [0.5, 0.6) is 0 Å². The van der Waals surface area contributed by atoms with Crippen molar-refractivity contribution in [1.82, 2.24) is 15.1 Å². The second-order valence-electron chi connectivity index (χ2n) is 4.15. The smallest absolute Gasteiger partial charge is 0.245 e. The molecular formula is C14H17N3O2. The van der Waals surface area contributed by atoms with Crippen LogP contribution in [0.1, 0.15) is 17.4 Å². The van der Waals surface area contributed by atoms with Gasteiger partial charge in [-0.2, -0.15) is 5.10 Å². The first-order valence-corrected chi connectivity index (χ1v) is 6.07. The minimum absolute atomic E-state index is 0.0151. The Kier molecular flexibility index (Phi) is 4.30. The summed E-state index contributed by atoms with van der Waals surface area (Å²) in [5.41, 5.74) is 1.91. The number of amides is 1. The minimum Gasteiger partial charge on any atom is -0.357 e. The van der Waals surface area contributed by atoms with Crippen molar-refractivity contribution in [2.75, 3.05) is 13.7 Å². The Morgan fingerprint density at radius 2 is 2.11 bits per heavy atom. The van der Waals surface area contributed by atoms with E-state index in [0.29, 0.717) is 0 Å². The fourth-order valence-corrected chi connectivity index (χ4v) is 1.85. The molecular weight excluding hydrogens is 242 g/mol. The van der Waals surface area contributed by atoms with Crippen molar-refractivity contribution in [3.05, 3.63) is 53.9 Å². The molecule has 0 aliphatic carbocycles. The molecule has 2 aromatic rings. The summed E-state index contributed by atoms with van der Waals surface area (Å²) in [5.74, 6) is -0.150. The van der Waals surface area contributed by atoms with E-state index >= 15 is 0 Å². The van der Waals surface area contributed by atoms with Crippen LogP contribution in [0, 0.1) is 0 Å². The number of rotatable bonds is 5. The Morgan fingerprint density at radius 1 is 1.37 bits per heavy atom. The molecule has 0 bridgehead atoms. The number of aryl methyl sites for hydroxylation is 1. The van der Waals surface area contributed by atoms with E-state index in [4.69, 9.17) is 4.74 Å². The molecule has 0 aliphatic rings. The molecule has 1 N–H and O–H groups in total. The Morgan fingerprint density at radius 3 is 2.68 bits per heavy atom. The van der Waals surface area contributed by atoms with E-state index in [1.54, 1.807) is 17.9 Å². The molecule has 0 fully saturated rings. The zero-order valence-corrected chi connectivity index (χ0v) is 11.0. The summed E-state index contributed by atoms with van der Waals surface area (Å²) in [5, 5.41) is 6.69. The molecule has 5 nitrogen and oxygen atoms in total. The van der Waals surface area contributed by atoms with Gasteiger partial charge < -0.3 is 10.1 Å². The quantitative estimate of drug-likeness (QED) is 0.879. The van der Waals surface area contributed by atoms with Gasteiger partial charge in [0.25, 0.3) is 0 Å². The van der Waals surface area contributed by atoms with Gasteiger partial charge in [-0.05, 0) is 11.6 Å². The van der Waals surface area contributed by atoms with Crippen LogP contribution in [-0.4, -0.2) is 29.3 Å². The van der Waals surface area contributed by atoms with E-state index in [-0.39, 0.29) is 18.6 Å². The van der Waals surface area contributed by atoms with E-state index in [2.05, 4.69) is 10.4 Å². The molecule has 2 rings (SSSR count). The average molecular weight is 259 g/mol. The molecule has 100 valence electrons. The highest BCUT2D eigenvalue weighted by Crippen LogP contribution is 2.25. The molecule has 1 aromatic carbocycles. The summed E-state index contributed by atoms with van der Waals surface area (Å²) >= 11 is 0. The number of likely N-dealkylation sites (N-methyl/N-ethyl adjacent to an activating group) is 1. The van der Waals surface area contributed by atoms with E-state index in [1.165, 1.54) is 0 Å². The molecule has 1 aromatic heterocycles. The van der Waals surface area contributed by atoms with Gasteiger partial charge in [-0.1, -0.05) is 30.3 Å². The maximum atomic E-state index is 11.3. The zero-order chi connectivity index (χ0) is 13.7. The van der Waals surface area contributed by atoms with Gasteiger partial charge >= 0.3 is 0 Å². The molecule has 0 saturated carbocycles. The van der Waals surface area contributed by atoms with Gasteiger partial charge in [0.05, 0.1) is 5.69 Å². The molecule has 0 spiro atoms. The lowest BCUT2D eigenvalue weighted by Crippen LogP contribution is -2.25. The van der Waals surface area contributed by atoms with Gasteiger partial charge in [0, 0.05) is 20.3 Å². The van der Waals surface area contributed by atoms with Crippen molar-refractivity contribution in [3.63, 3.8) is 0 Å². The monoisotopic (exact) mass is 259 g/mol. The number of nitrogens with one attached hydrogen (secondary N) is 1. The lowest BCUT2D eigenvalue weighted by molar-refractivity contribution is -0.126. The summed E-state index contributed by atoms with van der Waals surface area (Å²) in [7, 11) is 3.45. The van der Waals surface area contributed by atoms with Crippen molar-refractivity contribution in [3.8, 4) is 0 Å². The normalized spacial score (nSPS) is 12.1. The van der Waals surface area contributed by atoms with Crippen molar-refractivity contribution in [1.29, 1.82) is 0 Å². The summed E-state index contributed by atoms with van der Waals surface area (Å²) in [6.45, 7) is 0.0151. The number of aromatic nitrogens is 2. The van der Waals surface area contributed by atoms with Crippen LogP contribution in [0.25, 0.3) is 0 Å². The van der Waals surface area contributed by atoms with Crippen LogP contribution in [0.2, 0.25) is 0 Å². The predicted molar refractivity (Wildman–Crippen MR) is 71.5 cm³/mol. The second-order valence-corrected chi connectivity index (χ2v) is 4.15. The number of benzene rings is 1. The van der Waals surface area contributed by atoms with Crippen LogP contribution in [0.4, 0.5) is 0 Å². The Labute approximate surface area is 112 Å². The maximum absolute atomic E-state index is 11.3. The van der Waals surface area contributed by atoms with Crippen LogP contribution in [0.3, 0.4) is 0 Å². The highest BCUT2D eigenvalue weighted by Gasteiger charge is 2.18. The lowest BCUT2D eigenvalue weighted by atomic mass is 10.1. The first-order chi connectivity index (χ1) is 9.22. The van der Waals surface area contributed by atoms with E-state index in [0.717, 1.165) is 11.3 Å². The van der Waals surface area contributed by atoms with Crippen molar-refractivity contribution in [2.45, 2.75) is 6.10 Å². The van der Waals surface area contributed by atoms with Crippen LogP contribution >= 0.6 is 0 Å². The summed E-state index contributed by atoms with van der Waals surface area (Å²) in [4.78, 5) is 11.3. The third-order valence-corrected chi connectivity index (χ3v) is 2.89. The maximum Gasteiger partial charge on any atom is 0.245 e. The van der Waals surface area contributed by atoms with Crippen LogP contribution in [0.15, 0.2) is 42.6 Å². The first kappa shape index (κ1) is 13.3. The number of hydrogen-bond acceptors (Lipinski definition) is 3. The average Bonchev–Trinajstić information content (AvgIpc) is 2.86. The van der Waals surface area contributed by atoms with E-state index in [9.17, 15) is 4.79 Å². The number of hydrogen-bond donors (Lipinski definition) is 1. The Balaban J connectivity index is 2.24. The molecule has 5 heteroatoms. The third kappa shape index (κ3) is 3.20. The number of ether oxygens (including phenoxy) is 1. The van der Waals surface area contributed by atoms with Gasteiger partial charge in [0.15, 0.2) is 0 Å². The minimum atomic E-state index is -0.300. The summed E-state index contributed by atoms with van der Waals surface area (Å²) < 4.78 is 7.48. The number of carbonyl (C=O) groups excluding carboxylic acids is 1. The van der Waals surface area contributed by atoms with Gasteiger partial charge in [0.1, 0.15) is 12.7 Å². The molecule has 0 aliphatic heterocycles. The number of carbonyl (C=O) groups is 1. The molecule has 1 unspecified atom stereocenters. The largest absolute Gasteiger partial charge is 0.357 e. The molecule has 1 atom stereocenters. The Bertz CT molecular complexity index is 537. The zero-order valence-electron chi connectivity index (χ0n) is 11.0. The van der Waals surface area contributed by atoms with Crippen molar-refractivity contribution in [2.24, 2.45) is 7.05 Å². The third-order valence-electron chi connectivity index (χ3n) is 2.89. The topological polar surface area (TPSA) is 56.1 Å². The molecule has 0 radical (unpaired) electrons. The fraction of sp³-hybridized carbons (Fsp3) is 0.286. The Hall–Kier alpha value is -2.14. The van der Waals surface area contributed by atoms with Gasteiger partial charge in [-0.3, -0.25) is 9.48 Å². The van der Waals surface area contributed by atoms with Crippen molar-refractivity contribution >= 4 is 5.91 Å². The lowest BCUT2D eigenvalue weighted by Gasteiger charge is -2.18. The van der Waals surface area contributed by atoms with Crippen molar-refractivity contribution < 1.29 is 9.53 Å². The first-order valence-electron chi connectivity index (χ1n) is 6.07. The SMILES string of the molecule is CNC(=O)COC(c1ccccc1)c1ccnn1C. The van der Waals surface area contributed by atoms with Gasteiger partial charge in [-0.15, -0.1) is 0 Å². The molecule has 0 saturated heterocycles. The molecule has 19 heavy (non-hydrogen) atoms. The predicted octanol–water partition coefficient (Wildman–Crippen LogP) is 1.27. The molecule has 1 heterocycles. The number of nitrogens with zero attached hydrogens (tertiary/aromatic N) is 2. The van der Waals surface area contributed by atoms with Crippen LogP contribution in [-0.2, 0) is 16.6 Å². The van der Waals surface area contributed by atoms with E-state index in [1.807, 2.05) is 43.4 Å². The van der Waals surface area contributed by atoms with Gasteiger partial charge in [-0.25, -0.2) is 0 Å². The highest BCUT2D eigenvalue weighted by molar-refractivity contribution is 5.76. The standard InChI is InChI=1S/C14H17N3O2/c1-15-13(18)10-19-14(11-6-4-3-5-7-11)12-8-9-16-17(12)2/h3-9,14H,10H2,1-2H3,(H,15,18).